The molecule has 0 heterocycles. The molecule has 4 heteroatoms. The molecule has 1 aliphatic rings. The minimum atomic E-state index is -2.81. The highest BCUT2D eigenvalue weighted by Gasteiger charge is 2.44. The lowest BCUT2D eigenvalue weighted by Crippen LogP contribution is -2.34. The fraction of sp³-hybridized carbons (Fsp3) is 1.00. The average molecular weight is 219 g/mol. The molecule has 0 spiro atoms. The van der Waals surface area contributed by atoms with E-state index >= 15 is 0 Å². The Kier molecular flexibility index (Phi) is 3.58. The van der Waals surface area contributed by atoms with E-state index < -0.39 is 9.84 Å². The molecule has 0 saturated heterocycles. The third-order valence-electron chi connectivity index (χ3n) is 2.96. The second kappa shape index (κ2) is 4.19. The summed E-state index contributed by atoms with van der Waals surface area (Å²) in [5, 5.41) is 3.39. The summed E-state index contributed by atoms with van der Waals surface area (Å²) in [4.78, 5) is 0. The third kappa shape index (κ3) is 3.96. The molecule has 1 rings (SSSR count). The van der Waals surface area contributed by atoms with Gasteiger partial charge in [0.1, 0.15) is 9.84 Å². The maximum atomic E-state index is 11.2. The van der Waals surface area contributed by atoms with Crippen LogP contribution in [-0.2, 0) is 9.84 Å². The molecule has 0 radical (unpaired) electrons. The normalized spacial score (nSPS) is 21.9. The van der Waals surface area contributed by atoms with Gasteiger partial charge in [0.05, 0.1) is 5.75 Å². The Balaban J connectivity index is 2.37. The van der Waals surface area contributed by atoms with E-state index in [1.165, 1.54) is 6.26 Å². The van der Waals surface area contributed by atoms with Gasteiger partial charge in [0.2, 0.25) is 0 Å². The highest BCUT2D eigenvalue weighted by molar-refractivity contribution is 7.90. The summed E-state index contributed by atoms with van der Waals surface area (Å²) in [5.74, 6) is 0.351. The molecule has 0 aromatic carbocycles. The Labute approximate surface area is 87.2 Å². The maximum absolute atomic E-state index is 11.2. The van der Waals surface area contributed by atoms with Crippen molar-refractivity contribution in [1.29, 1.82) is 0 Å². The molecule has 0 amide bonds. The average Bonchev–Trinajstić information content (AvgIpc) is 2.78. The van der Waals surface area contributed by atoms with Crippen LogP contribution in [0.1, 0.15) is 33.1 Å². The van der Waals surface area contributed by atoms with E-state index in [0.29, 0.717) is 11.8 Å². The van der Waals surface area contributed by atoms with E-state index in [1.54, 1.807) is 0 Å². The van der Waals surface area contributed by atoms with Gasteiger partial charge in [-0.05, 0) is 31.6 Å². The van der Waals surface area contributed by atoms with Crippen LogP contribution in [0, 0.1) is 5.41 Å². The van der Waals surface area contributed by atoms with Gasteiger partial charge in [0.15, 0.2) is 0 Å². The predicted molar refractivity (Wildman–Crippen MR) is 59.1 cm³/mol. The minimum Gasteiger partial charge on any atom is -0.314 e. The second-order valence-corrected chi connectivity index (χ2v) is 6.90. The van der Waals surface area contributed by atoms with Gasteiger partial charge in [-0.15, -0.1) is 0 Å². The molecule has 1 N–H and O–H groups in total. The summed E-state index contributed by atoms with van der Waals surface area (Å²) in [6.45, 7) is 5.12. The number of rotatable bonds is 6. The molecular formula is C10H21NO2S. The standard InChI is InChI=1S/C10H21NO2S/c1-4-9(2)11-7-10(5-6-10)8-14(3,12)13/h9,11H,4-8H2,1-3H3. The van der Waals surface area contributed by atoms with Crippen molar-refractivity contribution in [2.75, 3.05) is 18.6 Å². The van der Waals surface area contributed by atoms with Crippen LogP contribution in [0.5, 0.6) is 0 Å². The molecule has 0 bridgehead atoms. The van der Waals surface area contributed by atoms with Crippen molar-refractivity contribution < 1.29 is 8.42 Å². The van der Waals surface area contributed by atoms with Crippen molar-refractivity contribution in [2.45, 2.75) is 39.2 Å². The smallest absolute Gasteiger partial charge is 0.148 e. The first-order valence-electron chi connectivity index (χ1n) is 5.28. The lowest BCUT2D eigenvalue weighted by atomic mass is 10.1. The Hall–Kier alpha value is -0.0900. The van der Waals surface area contributed by atoms with Gasteiger partial charge in [-0.25, -0.2) is 8.42 Å². The van der Waals surface area contributed by atoms with Crippen LogP contribution in [0.2, 0.25) is 0 Å². The largest absolute Gasteiger partial charge is 0.314 e. The highest BCUT2D eigenvalue weighted by Crippen LogP contribution is 2.46. The van der Waals surface area contributed by atoms with Crippen molar-refractivity contribution in [1.82, 2.24) is 5.32 Å². The van der Waals surface area contributed by atoms with Crippen LogP contribution in [0.15, 0.2) is 0 Å². The van der Waals surface area contributed by atoms with Gasteiger partial charge in [-0.3, -0.25) is 0 Å². The molecule has 0 aliphatic heterocycles. The molecule has 14 heavy (non-hydrogen) atoms. The van der Waals surface area contributed by atoms with Crippen LogP contribution in [0.4, 0.5) is 0 Å². The van der Waals surface area contributed by atoms with Gasteiger partial charge < -0.3 is 5.32 Å². The van der Waals surface area contributed by atoms with Crippen LogP contribution < -0.4 is 5.32 Å². The number of nitrogens with one attached hydrogen (secondary N) is 1. The van der Waals surface area contributed by atoms with Crippen molar-refractivity contribution in [3.05, 3.63) is 0 Å². The van der Waals surface area contributed by atoms with Crippen LogP contribution in [0.25, 0.3) is 0 Å². The zero-order valence-corrected chi connectivity index (χ0v) is 10.2. The SMILES string of the molecule is CCC(C)NCC1(CS(C)(=O)=O)CC1. The fourth-order valence-corrected chi connectivity index (χ4v) is 3.14. The Morgan fingerprint density at radius 2 is 2.00 bits per heavy atom. The van der Waals surface area contributed by atoms with Crippen molar-refractivity contribution in [2.24, 2.45) is 5.41 Å². The van der Waals surface area contributed by atoms with E-state index in [1.807, 2.05) is 0 Å². The number of sulfone groups is 1. The van der Waals surface area contributed by atoms with Gasteiger partial charge in [0.25, 0.3) is 0 Å². The highest BCUT2D eigenvalue weighted by atomic mass is 32.2. The van der Waals surface area contributed by atoms with Crippen molar-refractivity contribution in [3.63, 3.8) is 0 Å². The number of hydrogen-bond acceptors (Lipinski definition) is 3. The molecule has 3 nitrogen and oxygen atoms in total. The summed E-state index contributed by atoms with van der Waals surface area (Å²) in [6.07, 6.45) is 4.54. The first-order valence-corrected chi connectivity index (χ1v) is 7.34. The molecule has 1 fully saturated rings. The zero-order chi connectivity index (χ0) is 10.8. The Bertz CT molecular complexity index is 280. The van der Waals surface area contributed by atoms with Crippen molar-refractivity contribution >= 4 is 9.84 Å². The van der Waals surface area contributed by atoms with Crippen LogP contribution in [0.3, 0.4) is 0 Å². The van der Waals surface area contributed by atoms with Crippen LogP contribution in [-0.4, -0.2) is 33.0 Å². The second-order valence-electron chi connectivity index (χ2n) is 4.76. The molecule has 1 aliphatic carbocycles. The summed E-state index contributed by atoms with van der Waals surface area (Å²) in [6, 6.07) is 0.493. The molecule has 84 valence electrons. The molecule has 0 aromatic rings. The molecule has 1 saturated carbocycles. The minimum absolute atomic E-state index is 0.0665. The van der Waals surface area contributed by atoms with E-state index in [-0.39, 0.29) is 5.41 Å². The van der Waals surface area contributed by atoms with Gasteiger partial charge >= 0.3 is 0 Å². The van der Waals surface area contributed by atoms with Gasteiger partial charge in [0, 0.05) is 18.8 Å². The molecule has 0 aromatic heterocycles. The van der Waals surface area contributed by atoms with Crippen LogP contribution >= 0.6 is 0 Å². The summed E-state index contributed by atoms with van der Waals surface area (Å²) < 4.78 is 22.3. The van der Waals surface area contributed by atoms with E-state index in [2.05, 4.69) is 19.2 Å². The third-order valence-corrected chi connectivity index (χ3v) is 4.10. The van der Waals surface area contributed by atoms with E-state index in [9.17, 15) is 8.42 Å². The molecule has 1 unspecified atom stereocenters. The van der Waals surface area contributed by atoms with E-state index in [0.717, 1.165) is 25.8 Å². The Morgan fingerprint density at radius 3 is 2.36 bits per heavy atom. The fourth-order valence-electron chi connectivity index (χ4n) is 1.64. The van der Waals surface area contributed by atoms with Gasteiger partial charge in [-0.2, -0.15) is 0 Å². The predicted octanol–water partition coefficient (Wildman–Crippen LogP) is 1.20. The Morgan fingerprint density at radius 1 is 1.43 bits per heavy atom. The molecule has 1 atom stereocenters. The lowest BCUT2D eigenvalue weighted by molar-refractivity contribution is 0.441. The first kappa shape index (κ1) is 12.0. The topological polar surface area (TPSA) is 46.2 Å². The summed E-state index contributed by atoms with van der Waals surface area (Å²) >= 11 is 0. The van der Waals surface area contributed by atoms with E-state index in [4.69, 9.17) is 0 Å². The summed E-state index contributed by atoms with van der Waals surface area (Å²) in [5.41, 5.74) is 0.0665. The quantitative estimate of drug-likeness (QED) is 0.730. The molecular weight excluding hydrogens is 198 g/mol. The first-order chi connectivity index (χ1) is 6.37. The zero-order valence-electron chi connectivity index (χ0n) is 9.34. The lowest BCUT2D eigenvalue weighted by Gasteiger charge is -2.18. The van der Waals surface area contributed by atoms with Crippen molar-refractivity contribution in [3.8, 4) is 0 Å². The monoisotopic (exact) mass is 219 g/mol. The van der Waals surface area contributed by atoms with Gasteiger partial charge in [-0.1, -0.05) is 6.92 Å². The summed E-state index contributed by atoms with van der Waals surface area (Å²) in [7, 11) is -2.81. The maximum Gasteiger partial charge on any atom is 0.148 e. The number of hydrogen-bond donors (Lipinski definition) is 1.